The number of hydrogen-bond donors (Lipinski definition) is 1. The number of piperidine rings is 1. The van der Waals surface area contributed by atoms with E-state index in [9.17, 15) is 9.59 Å². The van der Waals surface area contributed by atoms with Crippen molar-refractivity contribution in [1.29, 1.82) is 0 Å². The normalized spacial score (nSPS) is 19.7. The molecule has 0 aromatic heterocycles. The van der Waals surface area contributed by atoms with Gasteiger partial charge in [-0.2, -0.15) is 0 Å². The smallest absolute Gasteiger partial charge is 0.320 e. The minimum Gasteiger partial charge on any atom is -0.481 e. The molecular weight excluding hydrogens is 268 g/mol. The molecule has 0 spiro atoms. The van der Waals surface area contributed by atoms with Crippen molar-refractivity contribution in [2.45, 2.75) is 39.5 Å². The number of likely N-dealkylation sites (tertiary alicyclic amines) is 1. The van der Waals surface area contributed by atoms with Crippen LogP contribution in [-0.2, 0) is 4.79 Å². The maximum absolute atomic E-state index is 12.5. The maximum atomic E-state index is 12.5. The highest BCUT2D eigenvalue weighted by Gasteiger charge is 2.30. The number of hydrogen-bond acceptors (Lipinski definition) is 2. The quantitative estimate of drug-likeness (QED) is 0.764. The minimum atomic E-state index is -0.772. The number of nitrogens with zero attached hydrogens (tertiary/aromatic N) is 2. The van der Waals surface area contributed by atoms with Gasteiger partial charge in [-0.25, -0.2) is 4.79 Å². The van der Waals surface area contributed by atoms with Crippen molar-refractivity contribution in [2.24, 2.45) is 11.8 Å². The summed E-state index contributed by atoms with van der Waals surface area (Å²) in [4.78, 5) is 26.9. The number of terminal acetylenes is 1. The Morgan fingerprint density at radius 2 is 2.24 bits per heavy atom. The predicted molar refractivity (Wildman–Crippen MR) is 81.8 cm³/mol. The Kier molecular flexibility index (Phi) is 7.07. The van der Waals surface area contributed by atoms with Crippen LogP contribution in [0.4, 0.5) is 4.79 Å². The Hall–Kier alpha value is -1.70. The minimum absolute atomic E-state index is 0.0120. The molecule has 21 heavy (non-hydrogen) atoms. The first-order valence-electron chi connectivity index (χ1n) is 7.68. The Morgan fingerprint density at radius 1 is 1.52 bits per heavy atom. The van der Waals surface area contributed by atoms with Gasteiger partial charge in [-0.3, -0.25) is 4.79 Å². The van der Waals surface area contributed by atoms with Crippen molar-refractivity contribution in [2.75, 3.05) is 26.2 Å². The second-order valence-electron chi connectivity index (χ2n) is 5.83. The molecule has 0 saturated carbocycles. The van der Waals surface area contributed by atoms with E-state index < -0.39 is 5.97 Å². The van der Waals surface area contributed by atoms with Crippen LogP contribution in [0.2, 0.25) is 0 Å². The van der Waals surface area contributed by atoms with E-state index >= 15 is 0 Å². The van der Waals surface area contributed by atoms with Gasteiger partial charge in [0.1, 0.15) is 0 Å². The highest BCUT2D eigenvalue weighted by Crippen LogP contribution is 2.26. The molecule has 0 aliphatic carbocycles. The van der Waals surface area contributed by atoms with Crippen molar-refractivity contribution in [3.63, 3.8) is 0 Å². The van der Waals surface area contributed by atoms with E-state index in [1.165, 1.54) is 0 Å². The molecule has 2 amide bonds. The lowest BCUT2D eigenvalue weighted by Crippen LogP contribution is -2.48. The van der Waals surface area contributed by atoms with Crippen LogP contribution >= 0.6 is 0 Å². The molecule has 0 bridgehead atoms. The number of rotatable bonds is 6. The molecule has 1 fully saturated rings. The molecule has 1 rings (SSSR count). The van der Waals surface area contributed by atoms with Crippen molar-refractivity contribution in [1.82, 2.24) is 9.80 Å². The Bertz CT molecular complexity index is 403. The number of carbonyl (C=O) groups is 2. The van der Waals surface area contributed by atoms with Crippen LogP contribution in [0, 0.1) is 24.2 Å². The van der Waals surface area contributed by atoms with Crippen molar-refractivity contribution >= 4 is 12.0 Å². The predicted octanol–water partition coefficient (Wildman–Crippen LogP) is 2.27. The Labute approximate surface area is 127 Å². The zero-order chi connectivity index (χ0) is 15.8. The number of urea groups is 1. The van der Waals surface area contributed by atoms with Gasteiger partial charge in [0, 0.05) is 26.1 Å². The van der Waals surface area contributed by atoms with Crippen LogP contribution in [0.25, 0.3) is 0 Å². The lowest BCUT2D eigenvalue weighted by molar-refractivity contribution is -0.138. The van der Waals surface area contributed by atoms with E-state index in [0.29, 0.717) is 19.6 Å². The number of aliphatic carboxylic acids is 1. The number of carboxylic acids is 1. The summed E-state index contributed by atoms with van der Waals surface area (Å²) in [5.41, 5.74) is 0. The third-order valence-corrected chi connectivity index (χ3v) is 4.08. The van der Waals surface area contributed by atoms with Crippen molar-refractivity contribution < 1.29 is 14.7 Å². The third kappa shape index (κ3) is 5.30. The molecular formula is C16H26N2O3. The van der Waals surface area contributed by atoms with E-state index in [4.69, 9.17) is 11.5 Å². The topological polar surface area (TPSA) is 60.9 Å². The molecule has 5 heteroatoms. The molecule has 1 N–H and O–H groups in total. The van der Waals surface area contributed by atoms with E-state index in [1.54, 1.807) is 4.90 Å². The Balaban J connectivity index is 2.64. The summed E-state index contributed by atoms with van der Waals surface area (Å²) in [6.45, 7) is 6.34. The highest BCUT2D eigenvalue weighted by molar-refractivity contribution is 5.75. The largest absolute Gasteiger partial charge is 0.481 e. The first-order valence-corrected chi connectivity index (χ1v) is 7.68. The maximum Gasteiger partial charge on any atom is 0.320 e. The van der Waals surface area contributed by atoms with Gasteiger partial charge in [0.25, 0.3) is 0 Å². The fourth-order valence-electron chi connectivity index (χ4n) is 2.91. The molecule has 1 heterocycles. The molecule has 0 aromatic rings. The van der Waals surface area contributed by atoms with Crippen LogP contribution in [0.1, 0.15) is 39.5 Å². The van der Waals surface area contributed by atoms with Gasteiger partial charge < -0.3 is 14.9 Å². The first kappa shape index (κ1) is 17.4. The summed E-state index contributed by atoms with van der Waals surface area (Å²) in [5, 5.41) is 8.91. The lowest BCUT2D eigenvalue weighted by atomic mass is 9.85. The summed E-state index contributed by atoms with van der Waals surface area (Å²) in [6.07, 6.45) is 8.28. The summed E-state index contributed by atoms with van der Waals surface area (Å²) in [5.74, 6) is 2.11. The highest BCUT2D eigenvalue weighted by atomic mass is 16.4. The van der Waals surface area contributed by atoms with Gasteiger partial charge >= 0.3 is 12.0 Å². The van der Waals surface area contributed by atoms with Gasteiger partial charge in [0.2, 0.25) is 0 Å². The zero-order valence-electron chi connectivity index (χ0n) is 13.0. The van der Waals surface area contributed by atoms with Crippen LogP contribution in [0.5, 0.6) is 0 Å². The fourth-order valence-corrected chi connectivity index (χ4v) is 2.91. The summed E-state index contributed by atoms with van der Waals surface area (Å²) >= 11 is 0. The second-order valence-corrected chi connectivity index (χ2v) is 5.83. The lowest BCUT2D eigenvalue weighted by Gasteiger charge is -2.37. The molecule has 5 nitrogen and oxygen atoms in total. The van der Waals surface area contributed by atoms with Crippen LogP contribution < -0.4 is 0 Å². The monoisotopic (exact) mass is 294 g/mol. The third-order valence-electron chi connectivity index (χ3n) is 4.08. The number of carbonyl (C=O) groups excluding carboxylic acids is 1. The summed E-state index contributed by atoms with van der Waals surface area (Å²) < 4.78 is 0. The van der Waals surface area contributed by atoms with Gasteiger partial charge in [0.15, 0.2) is 0 Å². The summed E-state index contributed by atoms with van der Waals surface area (Å²) in [6, 6.07) is -0.0120. The zero-order valence-corrected chi connectivity index (χ0v) is 13.0. The van der Waals surface area contributed by atoms with Gasteiger partial charge in [-0.1, -0.05) is 19.8 Å². The van der Waals surface area contributed by atoms with Crippen LogP contribution in [0.3, 0.4) is 0 Å². The fraction of sp³-hybridized carbons (Fsp3) is 0.750. The summed E-state index contributed by atoms with van der Waals surface area (Å²) in [7, 11) is 0. The van der Waals surface area contributed by atoms with Crippen molar-refractivity contribution in [3.8, 4) is 12.3 Å². The van der Waals surface area contributed by atoms with E-state index in [0.717, 1.165) is 25.8 Å². The van der Waals surface area contributed by atoms with Crippen LogP contribution in [-0.4, -0.2) is 53.1 Å². The molecule has 1 aliphatic heterocycles. The molecule has 0 radical (unpaired) electrons. The average Bonchev–Trinajstić information content (AvgIpc) is 2.45. The van der Waals surface area contributed by atoms with Gasteiger partial charge in [-0.05, 0) is 31.1 Å². The second kappa shape index (κ2) is 8.56. The standard InChI is InChI=1S/C16H26N2O3/c1-4-8-17(9-5-2)16(21)18-10-6-7-14(12-18)13(3)11-15(19)20/h1,13-14H,5-12H2,2-3H3,(H,19,20). The SMILES string of the molecule is C#CCN(CCC)C(=O)N1CCCC(C(C)CC(=O)O)C1. The molecule has 0 aromatic carbocycles. The molecule has 1 aliphatic rings. The number of amides is 2. The van der Waals surface area contributed by atoms with Gasteiger partial charge in [-0.15, -0.1) is 6.42 Å². The van der Waals surface area contributed by atoms with Crippen molar-refractivity contribution in [3.05, 3.63) is 0 Å². The van der Waals surface area contributed by atoms with Crippen LogP contribution in [0.15, 0.2) is 0 Å². The number of carboxylic acid groups (broad SMARTS) is 1. The molecule has 118 valence electrons. The van der Waals surface area contributed by atoms with E-state index in [1.807, 2.05) is 18.7 Å². The Morgan fingerprint density at radius 3 is 2.81 bits per heavy atom. The van der Waals surface area contributed by atoms with E-state index in [2.05, 4.69) is 5.92 Å². The molecule has 1 saturated heterocycles. The van der Waals surface area contributed by atoms with E-state index in [-0.39, 0.29) is 24.3 Å². The molecule has 2 atom stereocenters. The average molecular weight is 294 g/mol. The molecule has 2 unspecified atom stereocenters. The van der Waals surface area contributed by atoms with Gasteiger partial charge in [0.05, 0.1) is 6.54 Å². The first-order chi connectivity index (χ1) is 9.99.